The highest BCUT2D eigenvalue weighted by atomic mass is 32.2. The van der Waals surface area contributed by atoms with Crippen molar-refractivity contribution < 1.29 is 8.42 Å². The molecule has 5 nitrogen and oxygen atoms in total. The normalized spacial score (nSPS) is 20.7. The molecule has 6 heteroatoms. The smallest absolute Gasteiger partial charge is 0.304 e. The number of nitrogens with two attached hydrogens (primary N) is 1. The highest BCUT2D eigenvalue weighted by Crippen LogP contribution is 2.33. The maximum Gasteiger partial charge on any atom is 0.304 e. The quantitative estimate of drug-likeness (QED) is 0.845. The fourth-order valence-electron chi connectivity index (χ4n) is 3.04. The summed E-state index contributed by atoms with van der Waals surface area (Å²) in [6.45, 7) is 1.81. The van der Waals surface area contributed by atoms with E-state index in [1.807, 2.05) is 12.1 Å². The maximum absolute atomic E-state index is 12.8. The largest absolute Gasteiger partial charge is 0.399 e. The SMILES string of the molecule is Nc1ccc2c(c1)CCN2S(=O)(=O)N1CCCCCC1. The van der Waals surface area contributed by atoms with Gasteiger partial charge in [-0.05, 0) is 43.0 Å². The number of rotatable bonds is 2. The molecule has 0 bridgehead atoms. The zero-order valence-electron chi connectivity index (χ0n) is 11.6. The summed E-state index contributed by atoms with van der Waals surface area (Å²) in [6, 6.07) is 5.48. The van der Waals surface area contributed by atoms with Gasteiger partial charge in [0.15, 0.2) is 0 Å². The molecular formula is C14H21N3O2S. The fourth-order valence-corrected chi connectivity index (χ4v) is 4.79. The molecule has 0 spiro atoms. The topological polar surface area (TPSA) is 66.6 Å². The standard InChI is InChI=1S/C14H21N3O2S/c15-13-5-6-14-12(11-13)7-10-17(14)20(18,19)16-8-3-1-2-4-9-16/h5-6,11H,1-4,7-10,15H2. The number of nitrogen functional groups attached to an aromatic ring is 1. The van der Waals surface area contributed by atoms with Gasteiger partial charge in [-0.15, -0.1) is 0 Å². The van der Waals surface area contributed by atoms with Crippen molar-refractivity contribution in [3.05, 3.63) is 23.8 Å². The molecule has 1 fully saturated rings. The summed E-state index contributed by atoms with van der Waals surface area (Å²) in [5.74, 6) is 0. The van der Waals surface area contributed by atoms with E-state index in [1.54, 1.807) is 14.7 Å². The summed E-state index contributed by atoms with van der Waals surface area (Å²) in [4.78, 5) is 0. The van der Waals surface area contributed by atoms with Gasteiger partial charge in [0, 0.05) is 25.3 Å². The first kappa shape index (κ1) is 13.7. The average Bonchev–Trinajstić information content (AvgIpc) is 2.65. The monoisotopic (exact) mass is 295 g/mol. The van der Waals surface area contributed by atoms with Crippen LogP contribution in [0, 0.1) is 0 Å². The van der Waals surface area contributed by atoms with Crippen LogP contribution in [0.3, 0.4) is 0 Å². The molecule has 1 saturated heterocycles. The lowest BCUT2D eigenvalue weighted by molar-refractivity contribution is 0.421. The Labute approximate surface area is 120 Å². The maximum atomic E-state index is 12.8. The molecule has 0 radical (unpaired) electrons. The second-order valence-electron chi connectivity index (χ2n) is 5.53. The van der Waals surface area contributed by atoms with E-state index in [0.717, 1.165) is 43.4 Å². The van der Waals surface area contributed by atoms with Crippen molar-refractivity contribution in [1.82, 2.24) is 4.31 Å². The van der Waals surface area contributed by atoms with Crippen LogP contribution in [0.4, 0.5) is 11.4 Å². The zero-order valence-corrected chi connectivity index (χ0v) is 12.4. The van der Waals surface area contributed by atoms with Gasteiger partial charge in [0.2, 0.25) is 0 Å². The Morgan fingerprint density at radius 3 is 2.40 bits per heavy atom. The Bertz CT molecular complexity index is 592. The highest BCUT2D eigenvalue weighted by molar-refractivity contribution is 7.90. The lowest BCUT2D eigenvalue weighted by atomic mass is 10.1. The van der Waals surface area contributed by atoms with Crippen molar-refractivity contribution in [2.45, 2.75) is 32.1 Å². The molecule has 0 atom stereocenters. The van der Waals surface area contributed by atoms with Gasteiger partial charge in [-0.3, -0.25) is 4.31 Å². The van der Waals surface area contributed by atoms with E-state index in [2.05, 4.69) is 0 Å². The first-order chi connectivity index (χ1) is 9.59. The second kappa shape index (κ2) is 5.26. The minimum absolute atomic E-state index is 0.525. The van der Waals surface area contributed by atoms with Gasteiger partial charge in [0.25, 0.3) is 0 Å². The summed E-state index contributed by atoms with van der Waals surface area (Å²) < 4.78 is 28.8. The molecule has 2 N–H and O–H groups in total. The van der Waals surface area contributed by atoms with Gasteiger partial charge in [-0.2, -0.15) is 12.7 Å². The highest BCUT2D eigenvalue weighted by Gasteiger charge is 2.34. The molecule has 0 unspecified atom stereocenters. The summed E-state index contributed by atoms with van der Waals surface area (Å²) in [6.07, 6.45) is 4.91. The van der Waals surface area contributed by atoms with Crippen LogP contribution in [0.15, 0.2) is 18.2 Å². The second-order valence-corrected chi connectivity index (χ2v) is 7.38. The van der Waals surface area contributed by atoms with Crippen LogP contribution < -0.4 is 10.0 Å². The number of nitrogens with zero attached hydrogens (tertiary/aromatic N) is 2. The molecule has 0 amide bonds. The van der Waals surface area contributed by atoms with E-state index >= 15 is 0 Å². The first-order valence-corrected chi connectivity index (χ1v) is 8.65. The minimum Gasteiger partial charge on any atom is -0.399 e. The molecular weight excluding hydrogens is 274 g/mol. The van der Waals surface area contributed by atoms with E-state index in [0.29, 0.717) is 25.3 Å². The van der Waals surface area contributed by atoms with Crippen molar-refractivity contribution in [3.8, 4) is 0 Å². The lowest BCUT2D eigenvalue weighted by Crippen LogP contribution is -2.43. The molecule has 2 heterocycles. The van der Waals surface area contributed by atoms with E-state index in [-0.39, 0.29) is 0 Å². The number of anilines is 2. The van der Waals surface area contributed by atoms with Gasteiger partial charge < -0.3 is 5.73 Å². The van der Waals surface area contributed by atoms with Crippen LogP contribution in [0.2, 0.25) is 0 Å². The van der Waals surface area contributed by atoms with Gasteiger partial charge in [0.1, 0.15) is 0 Å². The lowest BCUT2D eigenvalue weighted by Gasteiger charge is -2.27. The minimum atomic E-state index is -3.39. The molecule has 0 aliphatic carbocycles. The zero-order chi connectivity index (χ0) is 14.2. The molecule has 110 valence electrons. The number of hydrogen-bond donors (Lipinski definition) is 1. The summed E-state index contributed by atoms with van der Waals surface area (Å²) in [7, 11) is -3.39. The Balaban J connectivity index is 1.90. The average molecular weight is 295 g/mol. The summed E-state index contributed by atoms with van der Waals surface area (Å²) in [5, 5.41) is 0. The van der Waals surface area contributed by atoms with Crippen LogP contribution >= 0.6 is 0 Å². The van der Waals surface area contributed by atoms with Crippen LogP contribution in [-0.2, 0) is 16.6 Å². The molecule has 0 aromatic heterocycles. The molecule has 1 aromatic carbocycles. The fraction of sp³-hybridized carbons (Fsp3) is 0.571. The van der Waals surface area contributed by atoms with Gasteiger partial charge in [-0.25, -0.2) is 0 Å². The number of hydrogen-bond acceptors (Lipinski definition) is 3. The molecule has 1 aromatic rings. The van der Waals surface area contributed by atoms with E-state index in [1.165, 1.54) is 0 Å². The van der Waals surface area contributed by atoms with Crippen LogP contribution in [0.5, 0.6) is 0 Å². The van der Waals surface area contributed by atoms with Crippen molar-refractivity contribution in [3.63, 3.8) is 0 Å². The molecule has 2 aliphatic rings. The van der Waals surface area contributed by atoms with Crippen LogP contribution in [0.25, 0.3) is 0 Å². The van der Waals surface area contributed by atoms with Gasteiger partial charge in [0.05, 0.1) is 5.69 Å². The molecule has 0 saturated carbocycles. The molecule has 20 heavy (non-hydrogen) atoms. The third kappa shape index (κ3) is 2.38. The summed E-state index contributed by atoms with van der Waals surface area (Å²) in [5.41, 5.74) is 8.29. The van der Waals surface area contributed by atoms with E-state index in [9.17, 15) is 8.42 Å². The molecule has 3 rings (SSSR count). The van der Waals surface area contributed by atoms with Gasteiger partial charge >= 0.3 is 10.2 Å². The number of fused-ring (bicyclic) bond motifs is 1. The third-order valence-corrected chi connectivity index (χ3v) is 6.08. The Kier molecular flexibility index (Phi) is 3.60. The Hall–Kier alpha value is -1.27. The van der Waals surface area contributed by atoms with Crippen molar-refractivity contribution in [2.24, 2.45) is 0 Å². The predicted molar refractivity (Wildman–Crippen MR) is 80.9 cm³/mol. The third-order valence-electron chi connectivity index (χ3n) is 4.13. The Morgan fingerprint density at radius 2 is 1.70 bits per heavy atom. The van der Waals surface area contributed by atoms with Crippen LogP contribution in [0.1, 0.15) is 31.2 Å². The van der Waals surface area contributed by atoms with Crippen molar-refractivity contribution >= 4 is 21.6 Å². The van der Waals surface area contributed by atoms with Gasteiger partial charge in [-0.1, -0.05) is 12.8 Å². The van der Waals surface area contributed by atoms with Crippen molar-refractivity contribution in [2.75, 3.05) is 29.7 Å². The first-order valence-electron chi connectivity index (χ1n) is 7.25. The molecule has 2 aliphatic heterocycles. The van der Waals surface area contributed by atoms with Crippen molar-refractivity contribution in [1.29, 1.82) is 0 Å². The summed E-state index contributed by atoms with van der Waals surface area (Å²) >= 11 is 0. The number of benzene rings is 1. The Morgan fingerprint density at radius 1 is 1.00 bits per heavy atom. The van der Waals surface area contributed by atoms with E-state index < -0.39 is 10.2 Å². The predicted octanol–water partition coefficient (Wildman–Crippen LogP) is 1.75. The van der Waals surface area contributed by atoms with Crippen LogP contribution in [-0.4, -0.2) is 32.4 Å². The van der Waals surface area contributed by atoms with E-state index in [4.69, 9.17) is 5.73 Å².